The van der Waals surface area contributed by atoms with Crippen molar-refractivity contribution >= 4 is 5.91 Å². The van der Waals surface area contributed by atoms with Crippen LogP contribution in [0.1, 0.15) is 26.2 Å². The molecular weight excluding hydrogens is 214 g/mol. The number of nitrogens with zero attached hydrogens (tertiary/aromatic N) is 1. The highest BCUT2D eigenvalue weighted by molar-refractivity contribution is 5.78. The van der Waals surface area contributed by atoms with Crippen molar-refractivity contribution in [3.8, 4) is 12.3 Å². The van der Waals surface area contributed by atoms with Gasteiger partial charge in [0.2, 0.25) is 5.91 Å². The van der Waals surface area contributed by atoms with Gasteiger partial charge in [-0.25, -0.2) is 0 Å². The molecule has 1 saturated heterocycles. The molecule has 0 aromatic heterocycles. The van der Waals surface area contributed by atoms with E-state index in [1.165, 1.54) is 19.3 Å². The van der Waals surface area contributed by atoms with Gasteiger partial charge in [-0.2, -0.15) is 0 Å². The van der Waals surface area contributed by atoms with Gasteiger partial charge in [0.25, 0.3) is 0 Å². The van der Waals surface area contributed by atoms with Gasteiger partial charge in [-0.3, -0.25) is 10.1 Å². The number of carbonyl (C=O) groups excluding carboxylic acids is 1. The Hall–Kier alpha value is -1.05. The molecule has 0 aromatic carbocycles. The van der Waals surface area contributed by atoms with E-state index in [9.17, 15) is 4.79 Å². The lowest BCUT2D eigenvalue weighted by Crippen LogP contribution is -2.46. The Labute approximate surface area is 104 Å². The van der Waals surface area contributed by atoms with Crippen molar-refractivity contribution in [3.05, 3.63) is 0 Å². The quantitative estimate of drug-likeness (QED) is 0.512. The van der Waals surface area contributed by atoms with E-state index in [1.54, 1.807) is 0 Å². The van der Waals surface area contributed by atoms with Gasteiger partial charge in [0.05, 0.1) is 13.1 Å². The molecule has 0 saturated carbocycles. The maximum absolute atomic E-state index is 11.5. The molecule has 0 radical (unpaired) electrons. The van der Waals surface area contributed by atoms with Crippen LogP contribution in [0.2, 0.25) is 0 Å². The van der Waals surface area contributed by atoms with E-state index in [1.807, 2.05) is 6.92 Å². The third-order valence-corrected chi connectivity index (χ3v) is 2.90. The first-order valence-electron chi connectivity index (χ1n) is 6.38. The maximum Gasteiger partial charge on any atom is 0.234 e. The van der Waals surface area contributed by atoms with Crippen molar-refractivity contribution in [2.24, 2.45) is 0 Å². The number of carbonyl (C=O) groups is 1. The summed E-state index contributed by atoms with van der Waals surface area (Å²) in [5.41, 5.74) is 0. The monoisotopic (exact) mass is 237 g/mol. The van der Waals surface area contributed by atoms with Crippen LogP contribution in [-0.4, -0.2) is 49.6 Å². The van der Waals surface area contributed by atoms with Gasteiger partial charge in [-0.1, -0.05) is 12.3 Å². The second kappa shape index (κ2) is 8.10. The van der Waals surface area contributed by atoms with Crippen molar-refractivity contribution < 1.29 is 4.79 Å². The fourth-order valence-electron chi connectivity index (χ4n) is 2.15. The SMILES string of the molecule is C#CCNCC(=O)NC(C)CN1CCCCC1. The predicted octanol–water partition coefficient (Wildman–Crippen LogP) is 0.200. The number of amides is 1. The minimum absolute atomic E-state index is 0.0183. The molecular formula is C13H23N3O. The van der Waals surface area contributed by atoms with Gasteiger partial charge < -0.3 is 10.2 Å². The molecule has 1 aliphatic heterocycles. The lowest BCUT2D eigenvalue weighted by molar-refractivity contribution is -0.120. The van der Waals surface area contributed by atoms with Crippen LogP contribution >= 0.6 is 0 Å². The van der Waals surface area contributed by atoms with Crippen LogP contribution < -0.4 is 10.6 Å². The Morgan fingerprint density at radius 1 is 1.41 bits per heavy atom. The van der Waals surface area contributed by atoms with Crippen LogP contribution in [0.15, 0.2) is 0 Å². The summed E-state index contributed by atoms with van der Waals surface area (Å²) < 4.78 is 0. The molecule has 4 heteroatoms. The second-order valence-corrected chi connectivity index (χ2v) is 4.64. The van der Waals surface area contributed by atoms with Crippen LogP contribution in [0.3, 0.4) is 0 Å². The summed E-state index contributed by atoms with van der Waals surface area (Å²) in [6.45, 7) is 6.06. The molecule has 4 nitrogen and oxygen atoms in total. The molecule has 1 amide bonds. The first-order chi connectivity index (χ1) is 8.22. The number of nitrogens with one attached hydrogen (secondary N) is 2. The Bertz CT molecular complexity index is 266. The molecule has 96 valence electrons. The summed E-state index contributed by atoms with van der Waals surface area (Å²) >= 11 is 0. The number of likely N-dealkylation sites (tertiary alicyclic amines) is 1. The Morgan fingerprint density at radius 3 is 2.76 bits per heavy atom. The minimum atomic E-state index is 0.0183. The van der Waals surface area contributed by atoms with E-state index in [2.05, 4.69) is 21.5 Å². The van der Waals surface area contributed by atoms with Gasteiger partial charge in [0.15, 0.2) is 0 Å². The highest BCUT2D eigenvalue weighted by Gasteiger charge is 2.14. The molecule has 1 unspecified atom stereocenters. The molecule has 1 rings (SSSR count). The summed E-state index contributed by atoms with van der Waals surface area (Å²) in [4.78, 5) is 13.9. The van der Waals surface area contributed by atoms with Crippen LogP contribution in [0.25, 0.3) is 0 Å². The van der Waals surface area contributed by atoms with Gasteiger partial charge >= 0.3 is 0 Å². The van der Waals surface area contributed by atoms with Crippen molar-refractivity contribution in [1.29, 1.82) is 0 Å². The van der Waals surface area contributed by atoms with Crippen molar-refractivity contribution in [3.63, 3.8) is 0 Å². The normalized spacial score (nSPS) is 18.4. The van der Waals surface area contributed by atoms with Crippen molar-refractivity contribution in [2.75, 3.05) is 32.7 Å². The van der Waals surface area contributed by atoms with Crippen molar-refractivity contribution in [1.82, 2.24) is 15.5 Å². The van der Waals surface area contributed by atoms with Gasteiger partial charge in [0.1, 0.15) is 0 Å². The van der Waals surface area contributed by atoms with E-state index < -0.39 is 0 Å². The van der Waals surface area contributed by atoms with Gasteiger partial charge in [-0.15, -0.1) is 6.42 Å². The lowest BCUT2D eigenvalue weighted by Gasteiger charge is -2.29. The molecule has 17 heavy (non-hydrogen) atoms. The first kappa shape index (κ1) is 14.0. The minimum Gasteiger partial charge on any atom is -0.351 e. The predicted molar refractivity (Wildman–Crippen MR) is 69.6 cm³/mol. The van der Waals surface area contributed by atoms with Crippen LogP contribution in [0.5, 0.6) is 0 Å². The third-order valence-electron chi connectivity index (χ3n) is 2.90. The third kappa shape index (κ3) is 6.30. The van der Waals surface area contributed by atoms with Gasteiger partial charge in [-0.05, 0) is 32.9 Å². The fraction of sp³-hybridized carbons (Fsp3) is 0.769. The second-order valence-electron chi connectivity index (χ2n) is 4.64. The molecule has 0 bridgehead atoms. The van der Waals surface area contributed by atoms with E-state index in [0.29, 0.717) is 13.1 Å². The summed E-state index contributed by atoms with van der Waals surface area (Å²) in [7, 11) is 0. The lowest BCUT2D eigenvalue weighted by atomic mass is 10.1. The molecule has 1 fully saturated rings. The highest BCUT2D eigenvalue weighted by Crippen LogP contribution is 2.08. The van der Waals surface area contributed by atoms with E-state index >= 15 is 0 Å². The average molecular weight is 237 g/mol. The van der Waals surface area contributed by atoms with E-state index in [-0.39, 0.29) is 11.9 Å². The summed E-state index contributed by atoms with van der Waals surface area (Å²) in [5, 5.41) is 5.86. The van der Waals surface area contributed by atoms with Crippen LogP contribution in [0.4, 0.5) is 0 Å². The number of piperidine rings is 1. The summed E-state index contributed by atoms with van der Waals surface area (Å²) in [6, 6.07) is 0.202. The first-order valence-corrected chi connectivity index (χ1v) is 6.38. The Morgan fingerprint density at radius 2 is 2.12 bits per heavy atom. The molecule has 0 aliphatic carbocycles. The van der Waals surface area contributed by atoms with E-state index in [0.717, 1.165) is 19.6 Å². The number of hydrogen-bond acceptors (Lipinski definition) is 3. The summed E-state index contributed by atoms with van der Waals surface area (Å²) in [5.74, 6) is 2.46. The number of terminal acetylenes is 1. The van der Waals surface area contributed by atoms with E-state index in [4.69, 9.17) is 6.42 Å². The fourth-order valence-corrected chi connectivity index (χ4v) is 2.15. The zero-order chi connectivity index (χ0) is 12.5. The zero-order valence-electron chi connectivity index (χ0n) is 10.7. The topological polar surface area (TPSA) is 44.4 Å². The van der Waals surface area contributed by atoms with Crippen molar-refractivity contribution in [2.45, 2.75) is 32.2 Å². The van der Waals surface area contributed by atoms with Crippen LogP contribution in [0, 0.1) is 12.3 Å². The van der Waals surface area contributed by atoms with Crippen LogP contribution in [-0.2, 0) is 4.79 Å². The molecule has 1 atom stereocenters. The Kier molecular flexibility index (Phi) is 6.68. The number of rotatable bonds is 6. The molecule has 1 aliphatic rings. The highest BCUT2D eigenvalue weighted by atomic mass is 16.1. The largest absolute Gasteiger partial charge is 0.351 e. The maximum atomic E-state index is 11.5. The molecule has 0 spiro atoms. The Balaban J connectivity index is 2.12. The standard InChI is InChI=1S/C13H23N3O/c1-3-7-14-10-13(17)15-12(2)11-16-8-5-4-6-9-16/h1,12,14H,4-11H2,2H3,(H,15,17). The summed E-state index contributed by atoms with van der Waals surface area (Å²) in [6.07, 6.45) is 8.99. The zero-order valence-corrected chi connectivity index (χ0v) is 10.7. The average Bonchev–Trinajstić information content (AvgIpc) is 2.30. The number of hydrogen-bond donors (Lipinski definition) is 2. The smallest absolute Gasteiger partial charge is 0.234 e. The molecule has 2 N–H and O–H groups in total. The molecule has 0 aromatic rings. The molecule has 1 heterocycles. The van der Waals surface area contributed by atoms with Gasteiger partial charge in [0, 0.05) is 12.6 Å².